The van der Waals surface area contributed by atoms with E-state index in [1.807, 2.05) is 0 Å². The molecule has 0 amide bonds. The van der Waals surface area contributed by atoms with Crippen molar-refractivity contribution >= 4 is 17.6 Å². The predicted octanol–water partition coefficient (Wildman–Crippen LogP) is 1.81. The maximum absolute atomic E-state index is 13.1. The van der Waals surface area contributed by atoms with Gasteiger partial charge in [0.2, 0.25) is 11.1 Å². The molecule has 5 nitrogen and oxygen atoms in total. The van der Waals surface area contributed by atoms with Crippen molar-refractivity contribution in [3.8, 4) is 5.69 Å². The van der Waals surface area contributed by atoms with E-state index in [4.69, 9.17) is 11.6 Å². The fraction of sp³-hybridized carbons (Fsp3) is 0.0833. The van der Waals surface area contributed by atoms with E-state index in [1.54, 1.807) is 0 Å². The molecule has 0 atom stereocenters. The van der Waals surface area contributed by atoms with Crippen LogP contribution in [0.4, 0.5) is 4.39 Å². The number of rotatable bonds is 2. The molecule has 98 valence electrons. The number of halogens is 2. The van der Waals surface area contributed by atoms with Crippen LogP contribution in [0, 0.1) is 5.82 Å². The third-order valence-electron chi connectivity index (χ3n) is 2.35. The number of carbonyl (C=O) groups is 1. The van der Waals surface area contributed by atoms with Gasteiger partial charge in [-0.25, -0.2) is 13.9 Å². The van der Waals surface area contributed by atoms with E-state index in [-0.39, 0.29) is 10.7 Å². The zero-order valence-corrected chi connectivity index (χ0v) is 10.5. The van der Waals surface area contributed by atoms with E-state index in [0.717, 1.165) is 19.2 Å². The van der Waals surface area contributed by atoms with Crippen LogP contribution in [0.15, 0.2) is 35.3 Å². The summed E-state index contributed by atoms with van der Waals surface area (Å²) in [6.07, 6.45) is 1.35. The minimum absolute atomic E-state index is 0.0855. The fourth-order valence-electron chi connectivity index (χ4n) is 1.42. The SMILES string of the molecule is COC(=O)c1nn(-c2ccc(F)c(Cl)c2)ccc1=O. The zero-order chi connectivity index (χ0) is 14.0. The molecule has 1 aromatic carbocycles. The molecule has 0 aliphatic carbocycles. The Labute approximate surface area is 112 Å². The molecule has 2 rings (SSSR count). The van der Waals surface area contributed by atoms with Gasteiger partial charge in [0, 0.05) is 12.3 Å². The quantitative estimate of drug-likeness (QED) is 0.788. The summed E-state index contributed by atoms with van der Waals surface area (Å²) >= 11 is 5.66. The van der Waals surface area contributed by atoms with E-state index in [2.05, 4.69) is 9.84 Å². The normalized spacial score (nSPS) is 10.3. The Morgan fingerprint density at radius 2 is 2.16 bits per heavy atom. The third-order valence-corrected chi connectivity index (χ3v) is 2.64. The summed E-state index contributed by atoms with van der Waals surface area (Å²) in [5.74, 6) is -1.41. The minimum Gasteiger partial charge on any atom is -0.464 e. The molecule has 0 radical (unpaired) electrons. The molecule has 0 aliphatic rings. The van der Waals surface area contributed by atoms with Crippen LogP contribution in [0.2, 0.25) is 5.02 Å². The monoisotopic (exact) mass is 282 g/mol. The minimum atomic E-state index is -0.840. The van der Waals surface area contributed by atoms with Gasteiger partial charge in [0.15, 0.2) is 0 Å². The predicted molar refractivity (Wildman–Crippen MR) is 66.1 cm³/mol. The summed E-state index contributed by atoms with van der Waals surface area (Å²) in [6, 6.07) is 5.07. The summed E-state index contributed by atoms with van der Waals surface area (Å²) in [4.78, 5) is 22.8. The van der Waals surface area contributed by atoms with Gasteiger partial charge in [-0.3, -0.25) is 4.79 Å². The average Bonchev–Trinajstić information content (AvgIpc) is 2.41. The molecular formula is C12H8ClFN2O3. The van der Waals surface area contributed by atoms with Gasteiger partial charge in [-0.1, -0.05) is 11.6 Å². The van der Waals surface area contributed by atoms with Crippen molar-refractivity contribution in [3.63, 3.8) is 0 Å². The molecule has 0 spiro atoms. The standard InChI is InChI=1S/C12H8ClFN2O3/c1-19-12(18)11-10(17)4-5-16(15-11)7-2-3-9(14)8(13)6-7/h2-6H,1H3. The Kier molecular flexibility index (Phi) is 3.62. The van der Waals surface area contributed by atoms with E-state index in [1.165, 1.54) is 23.0 Å². The molecule has 0 aliphatic heterocycles. The number of ether oxygens (including phenoxy) is 1. The van der Waals surface area contributed by atoms with Crippen molar-refractivity contribution in [1.82, 2.24) is 9.78 Å². The first-order chi connectivity index (χ1) is 9.02. The molecule has 1 aromatic heterocycles. The Hall–Kier alpha value is -2.21. The number of methoxy groups -OCH3 is 1. The maximum Gasteiger partial charge on any atom is 0.362 e. The first-order valence-electron chi connectivity index (χ1n) is 5.16. The van der Waals surface area contributed by atoms with Crippen molar-refractivity contribution in [2.45, 2.75) is 0 Å². The van der Waals surface area contributed by atoms with Gasteiger partial charge in [0.1, 0.15) is 5.82 Å². The lowest BCUT2D eigenvalue weighted by Crippen LogP contribution is -2.21. The number of carbonyl (C=O) groups excluding carboxylic acids is 1. The molecule has 0 saturated carbocycles. The second-order valence-electron chi connectivity index (χ2n) is 3.56. The van der Waals surface area contributed by atoms with E-state index in [9.17, 15) is 14.0 Å². The van der Waals surface area contributed by atoms with Crippen LogP contribution in [0.1, 0.15) is 10.5 Å². The lowest BCUT2D eigenvalue weighted by atomic mass is 10.3. The Balaban J connectivity index is 2.54. The van der Waals surface area contributed by atoms with E-state index < -0.39 is 17.2 Å². The summed E-state index contributed by atoms with van der Waals surface area (Å²) in [6.45, 7) is 0. The van der Waals surface area contributed by atoms with Crippen molar-refractivity contribution in [3.05, 3.63) is 57.2 Å². The molecule has 19 heavy (non-hydrogen) atoms. The Bertz CT molecular complexity index is 700. The van der Waals surface area contributed by atoms with Gasteiger partial charge >= 0.3 is 5.97 Å². The summed E-state index contributed by atoms with van der Waals surface area (Å²) in [5.41, 5.74) is -0.502. The second kappa shape index (κ2) is 5.19. The fourth-order valence-corrected chi connectivity index (χ4v) is 1.59. The van der Waals surface area contributed by atoms with E-state index in [0.29, 0.717) is 5.69 Å². The van der Waals surface area contributed by atoms with Crippen LogP contribution < -0.4 is 5.43 Å². The van der Waals surface area contributed by atoms with Crippen LogP contribution in [-0.2, 0) is 4.74 Å². The van der Waals surface area contributed by atoms with Gasteiger partial charge in [-0.2, -0.15) is 5.10 Å². The average molecular weight is 283 g/mol. The van der Waals surface area contributed by atoms with Crippen LogP contribution in [0.25, 0.3) is 5.69 Å². The molecule has 0 saturated heterocycles. The van der Waals surface area contributed by atoms with Crippen LogP contribution in [0.5, 0.6) is 0 Å². The van der Waals surface area contributed by atoms with Crippen molar-refractivity contribution < 1.29 is 13.9 Å². The number of aromatic nitrogens is 2. The Morgan fingerprint density at radius 3 is 2.79 bits per heavy atom. The lowest BCUT2D eigenvalue weighted by Gasteiger charge is -2.07. The topological polar surface area (TPSA) is 61.2 Å². The molecule has 0 N–H and O–H groups in total. The third kappa shape index (κ3) is 2.63. The second-order valence-corrected chi connectivity index (χ2v) is 3.97. The maximum atomic E-state index is 13.1. The molecule has 0 bridgehead atoms. The highest BCUT2D eigenvalue weighted by atomic mass is 35.5. The molecular weight excluding hydrogens is 275 g/mol. The molecule has 2 aromatic rings. The largest absolute Gasteiger partial charge is 0.464 e. The summed E-state index contributed by atoms with van der Waals surface area (Å²) < 4.78 is 18.7. The molecule has 7 heteroatoms. The van der Waals surface area contributed by atoms with Gasteiger partial charge in [0.25, 0.3) is 0 Å². The van der Waals surface area contributed by atoms with Gasteiger partial charge in [-0.05, 0) is 18.2 Å². The first kappa shape index (κ1) is 13.2. The van der Waals surface area contributed by atoms with Crippen LogP contribution >= 0.6 is 11.6 Å². The smallest absolute Gasteiger partial charge is 0.362 e. The molecule has 0 unspecified atom stereocenters. The summed E-state index contributed by atoms with van der Waals surface area (Å²) in [5, 5.41) is 3.75. The van der Waals surface area contributed by atoms with Gasteiger partial charge < -0.3 is 4.74 Å². The zero-order valence-electron chi connectivity index (χ0n) is 9.76. The summed E-state index contributed by atoms with van der Waals surface area (Å²) in [7, 11) is 1.15. The molecule has 1 heterocycles. The van der Waals surface area contributed by atoms with Crippen molar-refractivity contribution in [2.24, 2.45) is 0 Å². The Morgan fingerprint density at radius 1 is 1.42 bits per heavy atom. The highest BCUT2D eigenvalue weighted by Gasteiger charge is 2.13. The van der Waals surface area contributed by atoms with Crippen LogP contribution in [-0.4, -0.2) is 22.9 Å². The number of esters is 1. The van der Waals surface area contributed by atoms with Crippen molar-refractivity contribution in [1.29, 1.82) is 0 Å². The number of nitrogens with zero attached hydrogens (tertiary/aromatic N) is 2. The number of benzene rings is 1. The first-order valence-corrected chi connectivity index (χ1v) is 5.54. The lowest BCUT2D eigenvalue weighted by molar-refractivity contribution is 0.0590. The van der Waals surface area contributed by atoms with Crippen molar-refractivity contribution in [2.75, 3.05) is 7.11 Å². The van der Waals surface area contributed by atoms with E-state index >= 15 is 0 Å². The highest BCUT2D eigenvalue weighted by Crippen LogP contribution is 2.17. The number of hydrogen-bond donors (Lipinski definition) is 0. The van der Waals surface area contributed by atoms with Gasteiger partial charge in [0.05, 0.1) is 17.8 Å². The number of hydrogen-bond acceptors (Lipinski definition) is 4. The molecule has 0 fully saturated rings. The van der Waals surface area contributed by atoms with Crippen LogP contribution in [0.3, 0.4) is 0 Å². The highest BCUT2D eigenvalue weighted by molar-refractivity contribution is 6.30. The van der Waals surface area contributed by atoms with Gasteiger partial charge in [-0.15, -0.1) is 0 Å².